The molecule has 1 aliphatic rings. The van der Waals surface area contributed by atoms with Gasteiger partial charge in [-0.05, 0) is 31.0 Å². The molecule has 6 heteroatoms. The van der Waals surface area contributed by atoms with Crippen LogP contribution in [0, 0.1) is 5.92 Å². The minimum absolute atomic E-state index is 0.128. The van der Waals surface area contributed by atoms with E-state index in [4.69, 9.17) is 0 Å². The smallest absolute Gasteiger partial charge is 0.223 e. The Morgan fingerprint density at radius 3 is 2.74 bits per heavy atom. The standard InChI is InChI=1S/C17H20N2O3S/c20-14-7-6-12(8-15(14)21)13-10-23-16(19-13)9-18-17(22)11-4-2-1-3-5-11/h6-8,10-11,20-21H,1-5,9H2,(H,18,22). The Labute approximate surface area is 139 Å². The molecule has 1 heterocycles. The molecule has 0 aliphatic heterocycles. The second-order valence-electron chi connectivity index (χ2n) is 5.88. The third-order valence-electron chi connectivity index (χ3n) is 4.21. The second kappa shape index (κ2) is 7.00. The van der Waals surface area contributed by atoms with Gasteiger partial charge in [0.1, 0.15) is 5.01 Å². The molecule has 1 amide bonds. The summed E-state index contributed by atoms with van der Waals surface area (Å²) in [6, 6.07) is 4.62. The highest BCUT2D eigenvalue weighted by molar-refractivity contribution is 7.09. The van der Waals surface area contributed by atoms with Gasteiger partial charge in [0, 0.05) is 16.9 Å². The highest BCUT2D eigenvalue weighted by Crippen LogP contribution is 2.31. The zero-order valence-electron chi connectivity index (χ0n) is 12.8. The summed E-state index contributed by atoms with van der Waals surface area (Å²) in [5, 5.41) is 24.6. The van der Waals surface area contributed by atoms with Crippen molar-refractivity contribution in [1.29, 1.82) is 0 Å². The molecular formula is C17H20N2O3S. The van der Waals surface area contributed by atoms with Crippen LogP contribution in [0.2, 0.25) is 0 Å². The summed E-state index contributed by atoms with van der Waals surface area (Å²) < 4.78 is 0. The molecule has 0 saturated heterocycles. The molecule has 1 aromatic carbocycles. The summed E-state index contributed by atoms with van der Waals surface area (Å²) >= 11 is 1.47. The first-order valence-corrected chi connectivity index (χ1v) is 8.76. The molecule has 1 aliphatic carbocycles. The van der Waals surface area contributed by atoms with Crippen molar-refractivity contribution in [3.8, 4) is 22.8 Å². The Kier molecular flexibility index (Phi) is 4.81. The van der Waals surface area contributed by atoms with E-state index in [0.29, 0.717) is 6.54 Å². The number of aromatic hydroxyl groups is 2. The van der Waals surface area contributed by atoms with Crippen molar-refractivity contribution in [3.63, 3.8) is 0 Å². The average molecular weight is 332 g/mol. The number of phenolic OH excluding ortho intramolecular Hbond substituents is 2. The number of aromatic nitrogens is 1. The molecule has 5 nitrogen and oxygen atoms in total. The Morgan fingerprint density at radius 2 is 2.00 bits per heavy atom. The molecule has 3 N–H and O–H groups in total. The van der Waals surface area contributed by atoms with Crippen LogP contribution in [0.1, 0.15) is 37.1 Å². The Balaban J connectivity index is 1.60. The van der Waals surface area contributed by atoms with Gasteiger partial charge >= 0.3 is 0 Å². The summed E-state index contributed by atoms with van der Waals surface area (Å²) in [5.41, 5.74) is 1.47. The summed E-state index contributed by atoms with van der Waals surface area (Å²) in [6.07, 6.45) is 5.50. The Hall–Kier alpha value is -2.08. The fourth-order valence-corrected chi connectivity index (χ4v) is 3.62. The zero-order valence-corrected chi connectivity index (χ0v) is 13.6. The van der Waals surface area contributed by atoms with Crippen LogP contribution >= 0.6 is 11.3 Å². The van der Waals surface area contributed by atoms with Crippen molar-refractivity contribution in [3.05, 3.63) is 28.6 Å². The first-order valence-electron chi connectivity index (χ1n) is 7.88. The van der Waals surface area contributed by atoms with Crippen LogP contribution in [0.4, 0.5) is 0 Å². The normalized spacial score (nSPS) is 15.5. The molecule has 1 aromatic heterocycles. The van der Waals surface area contributed by atoms with Crippen LogP contribution in [0.25, 0.3) is 11.3 Å². The molecule has 0 spiro atoms. The number of phenols is 2. The molecule has 0 bridgehead atoms. The molecular weight excluding hydrogens is 312 g/mol. The van der Waals surface area contributed by atoms with E-state index in [9.17, 15) is 15.0 Å². The van der Waals surface area contributed by atoms with Gasteiger partial charge in [0.15, 0.2) is 11.5 Å². The van der Waals surface area contributed by atoms with Crippen molar-refractivity contribution in [2.45, 2.75) is 38.6 Å². The van der Waals surface area contributed by atoms with Crippen molar-refractivity contribution in [2.75, 3.05) is 0 Å². The van der Waals surface area contributed by atoms with E-state index >= 15 is 0 Å². The first-order chi connectivity index (χ1) is 11.1. The van der Waals surface area contributed by atoms with Crippen LogP contribution < -0.4 is 5.32 Å². The third-order valence-corrected chi connectivity index (χ3v) is 5.06. The maximum atomic E-state index is 12.1. The maximum absolute atomic E-state index is 12.1. The number of carbonyl (C=O) groups is 1. The van der Waals surface area contributed by atoms with E-state index in [1.165, 1.54) is 29.9 Å². The lowest BCUT2D eigenvalue weighted by Gasteiger charge is -2.20. The molecule has 1 fully saturated rings. The van der Waals surface area contributed by atoms with Gasteiger partial charge in [-0.2, -0.15) is 0 Å². The van der Waals surface area contributed by atoms with Gasteiger partial charge in [-0.3, -0.25) is 4.79 Å². The number of thiazole rings is 1. The quantitative estimate of drug-likeness (QED) is 0.749. The van der Waals surface area contributed by atoms with E-state index in [2.05, 4.69) is 10.3 Å². The molecule has 2 aromatic rings. The van der Waals surface area contributed by atoms with Gasteiger partial charge in [0.2, 0.25) is 5.91 Å². The van der Waals surface area contributed by atoms with E-state index in [-0.39, 0.29) is 23.3 Å². The predicted octanol–water partition coefficient (Wildman–Crippen LogP) is 3.42. The number of hydrogen-bond acceptors (Lipinski definition) is 5. The molecule has 23 heavy (non-hydrogen) atoms. The Morgan fingerprint density at radius 1 is 1.22 bits per heavy atom. The summed E-state index contributed by atoms with van der Waals surface area (Å²) in [6.45, 7) is 0.435. The van der Waals surface area contributed by atoms with Crippen LogP contribution in [0.5, 0.6) is 11.5 Å². The number of benzene rings is 1. The fraction of sp³-hybridized carbons (Fsp3) is 0.412. The van der Waals surface area contributed by atoms with Gasteiger partial charge in [0.05, 0.1) is 12.2 Å². The summed E-state index contributed by atoms with van der Waals surface area (Å²) in [7, 11) is 0. The van der Waals surface area contributed by atoms with E-state index < -0.39 is 0 Å². The van der Waals surface area contributed by atoms with Crippen molar-refractivity contribution >= 4 is 17.2 Å². The second-order valence-corrected chi connectivity index (χ2v) is 6.83. The van der Waals surface area contributed by atoms with E-state index in [0.717, 1.165) is 41.9 Å². The fourth-order valence-electron chi connectivity index (χ4n) is 2.88. The highest BCUT2D eigenvalue weighted by Gasteiger charge is 2.20. The molecule has 0 atom stereocenters. The summed E-state index contributed by atoms with van der Waals surface area (Å²) in [4.78, 5) is 16.6. The van der Waals surface area contributed by atoms with Crippen LogP contribution in [-0.4, -0.2) is 21.1 Å². The van der Waals surface area contributed by atoms with Gasteiger partial charge < -0.3 is 15.5 Å². The highest BCUT2D eigenvalue weighted by atomic mass is 32.1. The zero-order chi connectivity index (χ0) is 16.2. The molecule has 0 unspecified atom stereocenters. The topological polar surface area (TPSA) is 82.5 Å². The van der Waals surface area contributed by atoms with Crippen LogP contribution in [0.3, 0.4) is 0 Å². The Bertz CT molecular complexity index is 693. The van der Waals surface area contributed by atoms with Crippen molar-refractivity contribution < 1.29 is 15.0 Å². The van der Waals surface area contributed by atoms with Gasteiger partial charge in [0.25, 0.3) is 0 Å². The van der Waals surface area contributed by atoms with E-state index in [1.807, 2.05) is 5.38 Å². The predicted molar refractivity (Wildman–Crippen MR) is 89.3 cm³/mol. The number of hydrogen-bond donors (Lipinski definition) is 3. The number of rotatable bonds is 4. The van der Waals surface area contributed by atoms with E-state index in [1.54, 1.807) is 6.07 Å². The summed E-state index contributed by atoms with van der Waals surface area (Å²) in [5.74, 6) is -0.0347. The number of amides is 1. The molecule has 0 radical (unpaired) electrons. The maximum Gasteiger partial charge on any atom is 0.223 e. The minimum Gasteiger partial charge on any atom is -0.504 e. The third kappa shape index (κ3) is 3.82. The van der Waals surface area contributed by atoms with Crippen molar-refractivity contribution in [1.82, 2.24) is 10.3 Å². The number of nitrogens with zero attached hydrogens (tertiary/aromatic N) is 1. The first kappa shape index (κ1) is 15.8. The monoisotopic (exact) mass is 332 g/mol. The van der Waals surface area contributed by atoms with Gasteiger partial charge in [-0.1, -0.05) is 19.3 Å². The number of nitrogens with one attached hydrogen (secondary N) is 1. The minimum atomic E-state index is -0.164. The average Bonchev–Trinajstić information content (AvgIpc) is 3.05. The lowest BCUT2D eigenvalue weighted by Crippen LogP contribution is -2.31. The molecule has 1 saturated carbocycles. The SMILES string of the molecule is O=C(NCc1nc(-c2ccc(O)c(O)c2)cs1)C1CCCCC1. The lowest BCUT2D eigenvalue weighted by molar-refractivity contribution is -0.126. The van der Waals surface area contributed by atoms with Crippen LogP contribution in [0.15, 0.2) is 23.6 Å². The van der Waals surface area contributed by atoms with Crippen molar-refractivity contribution in [2.24, 2.45) is 5.92 Å². The molecule has 122 valence electrons. The van der Waals surface area contributed by atoms with Gasteiger partial charge in [-0.25, -0.2) is 4.98 Å². The number of carbonyl (C=O) groups excluding carboxylic acids is 1. The van der Waals surface area contributed by atoms with Crippen LogP contribution in [-0.2, 0) is 11.3 Å². The van der Waals surface area contributed by atoms with Gasteiger partial charge in [-0.15, -0.1) is 11.3 Å². The largest absolute Gasteiger partial charge is 0.504 e. The lowest BCUT2D eigenvalue weighted by atomic mass is 9.89. The molecule has 3 rings (SSSR count).